The highest BCUT2D eigenvalue weighted by Crippen LogP contribution is 2.20. The molecule has 2 atom stereocenters. The van der Waals surface area contributed by atoms with Crippen LogP contribution in [0, 0.1) is 0 Å². The summed E-state index contributed by atoms with van der Waals surface area (Å²) in [5, 5.41) is 9.93. The third kappa shape index (κ3) is 4.19. The molecule has 0 amide bonds. The van der Waals surface area contributed by atoms with E-state index in [1.54, 1.807) is 0 Å². The Balaban J connectivity index is 1.65. The highest BCUT2D eigenvalue weighted by molar-refractivity contribution is 4.86. The summed E-state index contributed by atoms with van der Waals surface area (Å²) in [6, 6.07) is 0.728. The Morgan fingerprint density at radius 1 is 1.22 bits per heavy atom. The fourth-order valence-electron chi connectivity index (χ4n) is 3.04. The lowest BCUT2D eigenvalue weighted by Crippen LogP contribution is -2.38. The molecular weight excluding hydrogens is 228 g/mol. The van der Waals surface area contributed by atoms with Crippen LogP contribution in [0.4, 0.5) is 0 Å². The summed E-state index contributed by atoms with van der Waals surface area (Å²) >= 11 is 0. The Morgan fingerprint density at radius 3 is 2.61 bits per heavy atom. The molecule has 0 aromatic rings. The number of ether oxygens (including phenoxy) is 1. The van der Waals surface area contributed by atoms with Gasteiger partial charge in [0.1, 0.15) is 0 Å². The lowest BCUT2D eigenvalue weighted by molar-refractivity contribution is -0.00643. The van der Waals surface area contributed by atoms with Crippen molar-refractivity contribution in [3.63, 3.8) is 0 Å². The van der Waals surface area contributed by atoms with Gasteiger partial charge in [-0.2, -0.15) is 0 Å². The fraction of sp³-hybridized carbons (Fsp3) is 1.00. The van der Waals surface area contributed by atoms with Gasteiger partial charge in [-0.3, -0.25) is 9.80 Å². The Hall–Kier alpha value is -0.160. The highest BCUT2D eigenvalue weighted by atomic mass is 16.5. The van der Waals surface area contributed by atoms with Crippen LogP contribution in [0.25, 0.3) is 0 Å². The van der Waals surface area contributed by atoms with Crippen molar-refractivity contribution in [2.45, 2.75) is 51.4 Å². The van der Waals surface area contributed by atoms with Gasteiger partial charge in [-0.25, -0.2) is 0 Å². The van der Waals surface area contributed by atoms with Crippen molar-refractivity contribution in [3.8, 4) is 0 Å². The average Bonchev–Trinajstić information content (AvgIpc) is 2.95. The van der Waals surface area contributed by atoms with Crippen LogP contribution in [0.5, 0.6) is 0 Å². The van der Waals surface area contributed by atoms with Gasteiger partial charge in [-0.1, -0.05) is 0 Å². The Labute approximate surface area is 111 Å². The molecule has 2 saturated heterocycles. The number of aliphatic hydroxyl groups excluding tert-OH is 1. The second kappa shape index (κ2) is 6.85. The first-order valence-electron chi connectivity index (χ1n) is 7.41. The first-order chi connectivity index (χ1) is 8.65. The van der Waals surface area contributed by atoms with E-state index in [4.69, 9.17) is 4.74 Å². The summed E-state index contributed by atoms with van der Waals surface area (Å²) in [4.78, 5) is 5.01. The van der Waals surface area contributed by atoms with Crippen molar-refractivity contribution in [2.24, 2.45) is 0 Å². The van der Waals surface area contributed by atoms with Crippen molar-refractivity contribution in [2.75, 3.05) is 39.3 Å². The third-order valence-corrected chi connectivity index (χ3v) is 4.00. The molecule has 0 radical (unpaired) electrons. The lowest BCUT2D eigenvalue weighted by Gasteiger charge is -2.25. The SMILES string of the molecule is CC(C)OCC(O)CN1CCC(N2CCCC2)C1. The lowest BCUT2D eigenvalue weighted by atomic mass is 10.2. The molecule has 0 aromatic heterocycles. The van der Waals surface area contributed by atoms with Gasteiger partial charge >= 0.3 is 0 Å². The molecule has 0 bridgehead atoms. The first-order valence-corrected chi connectivity index (χ1v) is 7.41. The topological polar surface area (TPSA) is 35.9 Å². The molecule has 4 heteroatoms. The van der Waals surface area contributed by atoms with Crippen molar-refractivity contribution < 1.29 is 9.84 Å². The van der Waals surface area contributed by atoms with Crippen LogP contribution in [0.15, 0.2) is 0 Å². The largest absolute Gasteiger partial charge is 0.389 e. The minimum Gasteiger partial charge on any atom is -0.389 e. The van der Waals surface area contributed by atoms with Crippen LogP contribution in [-0.4, -0.2) is 72.5 Å². The molecule has 4 nitrogen and oxygen atoms in total. The second-order valence-corrected chi connectivity index (χ2v) is 5.98. The smallest absolute Gasteiger partial charge is 0.0900 e. The Bertz CT molecular complexity index is 242. The van der Waals surface area contributed by atoms with Crippen LogP contribution in [0.2, 0.25) is 0 Å². The minimum absolute atomic E-state index is 0.204. The molecule has 2 rings (SSSR count). The highest BCUT2D eigenvalue weighted by Gasteiger charge is 2.29. The summed E-state index contributed by atoms with van der Waals surface area (Å²) in [7, 11) is 0. The number of rotatable bonds is 6. The molecule has 2 aliphatic rings. The van der Waals surface area contributed by atoms with Gasteiger partial charge in [0.15, 0.2) is 0 Å². The number of hydrogen-bond donors (Lipinski definition) is 1. The monoisotopic (exact) mass is 256 g/mol. The summed E-state index contributed by atoms with van der Waals surface area (Å²) in [5.74, 6) is 0. The molecular formula is C14H28N2O2. The number of likely N-dealkylation sites (tertiary alicyclic amines) is 2. The van der Waals surface area contributed by atoms with E-state index in [-0.39, 0.29) is 12.2 Å². The zero-order valence-corrected chi connectivity index (χ0v) is 11.8. The Morgan fingerprint density at radius 2 is 1.94 bits per heavy atom. The molecule has 0 aromatic carbocycles. The van der Waals surface area contributed by atoms with E-state index >= 15 is 0 Å². The van der Waals surface area contributed by atoms with E-state index < -0.39 is 0 Å². The molecule has 2 fully saturated rings. The van der Waals surface area contributed by atoms with Crippen LogP contribution in [0.3, 0.4) is 0 Å². The van der Waals surface area contributed by atoms with Crippen molar-refractivity contribution in [1.82, 2.24) is 9.80 Å². The summed E-state index contributed by atoms with van der Waals surface area (Å²) in [6.45, 7) is 10.0. The maximum Gasteiger partial charge on any atom is 0.0900 e. The van der Waals surface area contributed by atoms with E-state index in [0.29, 0.717) is 6.61 Å². The maximum atomic E-state index is 9.93. The molecule has 0 saturated carbocycles. The number of hydrogen-bond acceptors (Lipinski definition) is 4. The van der Waals surface area contributed by atoms with Gasteiger partial charge < -0.3 is 9.84 Å². The number of β-amino-alcohol motifs (C(OH)–C–C–N with tert-alkyl or cyclic N) is 1. The Kier molecular flexibility index (Phi) is 5.42. The maximum absolute atomic E-state index is 9.93. The zero-order chi connectivity index (χ0) is 13.0. The molecule has 2 heterocycles. The first kappa shape index (κ1) is 14.3. The second-order valence-electron chi connectivity index (χ2n) is 5.98. The van der Waals surface area contributed by atoms with Gasteiger partial charge in [-0.15, -0.1) is 0 Å². The van der Waals surface area contributed by atoms with Crippen molar-refractivity contribution >= 4 is 0 Å². The molecule has 0 spiro atoms. The average molecular weight is 256 g/mol. The minimum atomic E-state index is -0.343. The summed E-state index contributed by atoms with van der Waals surface area (Å²) in [6.07, 6.45) is 3.85. The van der Waals surface area contributed by atoms with Gasteiger partial charge in [0, 0.05) is 19.1 Å². The van der Waals surface area contributed by atoms with Crippen LogP contribution in [0.1, 0.15) is 33.1 Å². The zero-order valence-electron chi connectivity index (χ0n) is 11.8. The van der Waals surface area contributed by atoms with Crippen LogP contribution < -0.4 is 0 Å². The molecule has 18 heavy (non-hydrogen) atoms. The third-order valence-electron chi connectivity index (χ3n) is 4.00. The predicted octanol–water partition coefficient (Wildman–Crippen LogP) is 0.942. The molecule has 106 valence electrons. The summed E-state index contributed by atoms with van der Waals surface area (Å²) < 4.78 is 5.45. The van der Waals surface area contributed by atoms with Gasteiger partial charge in [0.05, 0.1) is 18.8 Å². The van der Waals surface area contributed by atoms with E-state index in [1.807, 2.05) is 13.8 Å². The van der Waals surface area contributed by atoms with E-state index in [0.717, 1.165) is 25.7 Å². The summed E-state index contributed by atoms with van der Waals surface area (Å²) in [5.41, 5.74) is 0. The quantitative estimate of drug-likeness (QED) is 0.767. The van der Waals surface area contributed by atoms with Crippen LogP contribution >= 0.6 is 0 Å². The van der Waals surface area contributed by atoms with E-state index in [9.17, 15) is 5.11 Å². The fourth-order valence-corrected chi connectivity index (χ4v) is 3.04. The standard InChI is InChI=1S/C14H28N2O2/c1-12(2)18-11-14(17)10-15-8-5-13(9-15)16-6-3-4-7-16/h12-14,17H,3-11H2,1-2H3. The molecule has 2 unspecified atom stereocenters. The van der Waals surface area contributed by atoms with Gasteiger partial charge in [0.25, 0.3) is 0 Å². The number of nitrogens with zero attached hydrogens (tertiary/aromatic N) is 2. The predicted molar refractivity (Wildman–Crippen MR) is 72.7 cm³/mol. The van der Waals surface area contributed by atoms with Gasteiger partial charge in [0.2, 0.25) is 0 Å². The van der Waals surface area contributed by atoms with Crippen molar-refractivity contribution in [3.05, 3.63) is 0 Å². The van der Waals surface area contributed by atoms with E-state index in [2.05, 4.69) is 9.80 Å². The van der Waals surface area contributed by atoms with E-state index in [1.165, 1.54) is 32.4 Å². The van der Waals surface area contributed by atoms with Crippen molar-refractivity contribution in [1.29, 1.82) is 0 Å². The number of aliphatic hydroxyl groups is 1. The van der Waals surface area contributed by atoms with Gasteiger partial charge in [-0.05, 0) is 52.7 Å². The normalized spacial score (nSPS) is 28.3. The molecule has 2 aliphatic heterocycles. The molecule has 1 N–H and O–H groups in total. The molecule has 0 aliphatic carbocycles. The van der Waals surface area contributed by atoms with Crippen LogP contribution in [-0.2, 0) is 4.74 Å².